The van der Waals surface area contributed by atoms with E-state index >= 15 is 0 Å². The molecule has 0 amide bonds. The Kier molecular flexibility index (Phi) is 3.86. The molecule has 7 heteroatoms. The molecule has 0 unspecified atom stereocenters. The molecular formula is C12H13FN4O2. The zero-order chi connectivity index (χ0) is 13.8. The predicted octanol–water partition coefficient (Wildman–Crippen LogP) is 1.27. The largest absolute Gasteiger partial charge is 0.373 e. The van der Waals surface area contributed by atoms with Crippen molar-refractivity contribution in [3.8, 4) is 11.4 Å². The van der Waals surface area contributed by atoms with Crippen LogP contribution in [-0.2, 0) is 16.1 Å². The molecule has 0 atom stereocenters. The van der Waals surface area contributed by atoms with Crippen LogP contribution >= 0.6 is 0 Å². The number of nitrogens with zero attached hydrogens (tertiary/aromatic N) is 2. The topological polar surface area (TPSA) is 93.9 Å². The predicted molar refractivity (Wildman–Crippen MR) is 65.1 cm³/mol. The number of rotatable bonds is 4. The Bertz CT molecular complexity index is 597. The molecule has 0 spiro atoms. The molecule has 0 saturated carbocycles. The minimum atomic E-state index is -0.526. The van der Waals surface area contributed by atoms with Crippen LogP contribution < -0.4 is 5.90 Å². The van der Waals surface area contributed by atoms with Gasteiger partial charge in [0.05, 0.1) is 6.42 Å². The van der Waals surface area contributed by atoms with Gasteiger partial charge in [-0.15, -0.1) is 0 Å². The van der Waals surface area contributed by atoms with Gasteiger partial charge in [-0.2, -0.15) is 11.0 Å². The van der Waals surface area contributed by atoms with Crippen molar-refractivity contribution in [3.63, 3.8) is 0 Å². The summed E-state index contributed by atoms with van der Waals surface area (Å²) in [4.78, 5) is 19.3. The summed E-state index contributed by atoms with van der Waals surface area (Å²) >= 11 is 0. The van der Waals surface area contributed by atoms with E-state index < -0.39 is 5.97 Å². The summed E-state index contributed by atoms with van der Waals surface area (Å²) in [5.74, 6) is 4.89. The zero-order valence-corrected chi connectivity index (χ0v) is 10.3. The first-order valence-electron chi connectivity index (χ1n) is 5.67. The van der Waals surface area contributed by atoms with Gasteiger partial charge in [-0.05, 0) is 31.0 Å². The smallest absolute Gasteiger partial charge is 0.324 e. The molecule has 1 aromatic heterocycles. The number of hydrogen-bond donors (Lipinski definition) is 2. The van der Waals surface area contributed by atoms with Crippen LogP contribution in [0.5, 0.6) is 0 Å². The molecule has 0 aliphatic rings. The maximum Gasteiger partial charge on any atom is 0.324 e. The number of carbonyl (C=O) groups is 1. The van der Waals surface area contributed by atoms with Gasteiger partial charge < -0.3 is 4.84 Å². The van der Waals surface area contributed by atoms with E-state index in [-0.39, 0.29) is 12.2 Å². The Labute approximate surface area is 108 Å². The zero-order valence-electron chi connectivity index (χ0n) is 10.3. The minimum absolute atomic E-state index is 0.110. The second kappa shape index (κ2) is 5.57. The molecule has 0 aliphatic carbocycles. The van der Waals surface area contributed by atoms with E-state index in [2.05, 4.69) is 20.0 Å². The first kappa shape index (κ1) is 13.2. The normalized spacial score (nSPS) is 10.5. The van der Waals surface area contributed by atoms with Crippen molar-refractivity contribution in [3.05, 3.63) is 35.4 Å². The number of nitrogens with one attached hydrogen (secondary N) is 1. The van der Waals surface area contributed by atoms with Crippen molar-refractivity contribution in [2.75, 3.05) is 0 Å². The van der Waals surface area contributed by atoms with E-state index in [4.69, 9.17) is 5.90 Å². The van der Waals surface area contributed by atoms with Gasteiger partial charge in [-0.25, -0.2) is 9.37 Å². The fraction of sp³-hybridized carbons (Fsp3) is 0.250. The molecule has 2 aromatic rings. The molecular weight excluding hydrogens is 251 g/mol. The van der Waals surface area contributed by atoms with Gasteiger partial charge in [-0.1, -0.05) is 6.07 Å². The van der Waals surface area contributed by atoms with Crippen LogP contribution in [0.15, 0.2) is 18.2 Å². The maximum atomic E-state index is 13.3. The molecule has 6 nitrogen and oxygen atoms in total. The first-order chi connectivity index (χ1) is 9.10. The highest BCUT2D eigenvalue weighted by Crippen LogP contribution is 2.23. The summed E-state index contributed by atoms with van der Waals surface area (Å²) in [6.07, 6.45) is 0.484. The first-order valence-corrected chi connectivity index (χ1v) is 5.67. The lowest BCUT2D eigenvalue weighted by molar-refractivity contribution is -0.144. The fourth-order valence-electron chi connectivity index (χ4n) is 1.73. The lowest BCUT2D eigenvalue weighted by atomic mass is 10.0. The summed E-state index contributed by atoms with van der Waals surface area (Å²) in [5, 5.41) is 6.69. The molecule has 0 aliphatic heterocycles. The van der Waals surface area contributed by atoms with Crippen molar-refractivity contribution in [2.45, 2.75) is 19.8 Å². The van der Waals surface area contributed by atoms with Crippen molar-refractivity contribution in [1.29, 1.82) is 0 Å². The summed E-state index contributed by atoms with van der Waals surface area (Å²) in [5.41, 5.74) is 1.31. The lowest BCUT2D eigenvalue weighted by Crippen LogP contribution is -2.10. The van der Waals surface area contributed by atoms with Crippen LogP contribution in [0.4, 0.5) is 4.39 Å². The highest BCUT2D eigenvalue weighted by atomic mass is 19.1. The van der Waals surface area contributed by atoms with E-state index in [1.165, 1.54) is 12.1 Å². The van der Waals surface area contributed by atoms with Crippen LogP contribution in [0.1, 0.15) is 17.8 Å². The quantitative estimate of drug-likeness (QED) is 0.811. The van der Waals surface area contributed by atoms with Gasteiger partial charge in [-0.3, -0.25) is 9.89 Å². The Morgan fingerprint density at radius 1 is 1.53 bits per heavy atom. The average Bonchev–Trinajstić information content (AvgIpc) is 2.83. The molecule has 0 fully saturated rings. The SMILES string of the molecule is Cc1nc(-c2cc(F)ccc2CCC(=O)ON)n[nH]1. The maximum absolute atomic E-state index is 13.3. The average molecular weight is 264 g/mol. The summed E-state index contributed by atoms with van der Waals surface area (Å²) in [7, 11) is 0. The van der Waals surface area contributed by atoms with Crippen molar-refractivity contribution in [2.24, 2.45) is 5.90 Å². The second-order valence-corrected chi connectivity index (χ2v) is 4.04. The highest BCUT2D eigenvalue weighted by Gasteiger charge is 2.12. The fourth-order valence-corrected chi connectivity index (χ4v) is 1.73. The number of halogens is 1. The van der Waals surface area contributed by atoms with Gasteiger partial charge in [0.15, 0.2) is 5.82 Å². The van der Waals surface area contributed by atoms with Crippen LogP contribution in [0.3, 0.4) is 0 Å². The minimum Gasteiger partial charge on any atom is -0.373 e. The Hall–Kier alpha value is -2.28. The third kappa shape index (κ3) is 3.14. The number of H-pyrrole nitrogens is 1. The van der Waals surface area contributed by atoms with E-state index in [1.54, 1.807) is 13.0 Å². The number of hydrogen-bond acceptors (Lipinski definition) is 5. The molecule has 1 aromatic carbocycles. The van der Waals surface area contributed by atoms with Crippen molar-refractivity contribution >= 4 is 5.97 Å². The number of aryl methyl sites for hydroxylation is 2. The van der Waals surface area contributed by atoms with Gasteiger partial charge >= 0.3 is 5.97 Å². The third-order valence-electron chi connectivity index (χ3n) is 2.64. The van der Waals surface area contributed by atoms with Crippen molar-refractivity contribution in [1.82, 2.24) is 15.2 Å². The van der Waals surface area contributed by atoms with Crippen LogP contribution in [0, 0.1) is 12.7 Å². The van der Waals surface area contributed by atoms with Crippen LogP contribution in [-0.4, -0.2) is 21.2 Å². The standard InChI is InChI=1S/C12H13FN4O2/c1-7-15-12(17-16-7)10-6-9(13)4-2-8(10)3-5-11(18)19-14/h2,4,6H,3,5,14H2,1H3,(H,15,16,17). The van der Waals surface area contributed by atoms with Gasteiger partial charge in [0.25, 0.3) is 0 Å². The van der Waals surface area contributed by atoms with Gasteiger partial charge in [0.1, 0.15) is 11.6 Å². The van der Waals surface area contributed by atoms with E-state index in [0.29, 0.717) is 23.6 Å². The number of aromatic nitrogens is 3. The van der Waals surface area contributed by atoms with Gasteiger partial charge in [0.2, 0.25) is 0 Å². The molecule has 0 saturated heterocycles. The summed E-state index contributed by atoms with van der Waals surface area (Å²) < 4.78 is 13.3. The summed E-state index contributed by atoms with van der Waals surface area (Å²) in [6, 6.07) is 4.26. The second-order valence-electron chi connectivity index (χ2n) is 4.04. The van der Waals surface area contributed by atoms with Gasteiger partial charge in [0, 0.05) is 5.56 Å². The van der Waals surface area contributed by atoms with Crippen LogP contribution in [0.2, 0.25) is 0 Å². The highest BCUT2D eigenvalue weighted by molar-refractivity contribution is 5.70. The molecule has 100 valence electrons. The number of aromatic amines is 1. The molecule has 0 bridgehead atoms. The van der Waals surface area contributed by atoms with E-state index in [9.17, 15) is 9.18 Å². The Morgan fingerprint density at radius 2 is 2.32 bits per heavy atom. The van der Waals surface area contributed by atoms with Crippen molar-refractivity contribution < 1.29 is 14.0 Å². The number of carbonyl (C=O) groups excluding carboxylic acids is 1. The Balaban J connectivity index is 2.30. The Morgan fingerprint density at radius 3 is 2.95 bits per heavy atom. The molecule has 1 heterocycles. The number of nitrogens with two attached hydrogens (primary N) is 1. The van der Waals surface area contributed by atoms with E-state index in [0.717, 1.165) is 5.56 Å². The van der Waals surface area contributed by atoms with Crippen LogP contribution in [0.25, 0.3) is 11.4 Å². The number of benzene rings is 1. The van der Waals surface area contributed by atoms with E-state index in [1.807, 2.05) is 0 Å². The molecule has 3 N–H and O–H groups in total. The third-order valence-corrected chi connectivity index (χ3v) is 2.64. The lowest BCUT2D eigenvalue weighted by Gasteiger charge is -2.06. The monoisotopic (exact) mass is 264 g/mol. The summed E-state index contributed by atoms with van der Waals surface area (Å²) in [6.45, 7) is 1.75. The molecule has 0 radical (unpaired) electrons. The molecule has 19 heavy (non-hydrogen) atoms. The molecule has 2 rings (SSSR count).